The maximum atomic E-state index is 12.4. The molecular weight excluding hydrogens is 476 g/mol. The third kappa shape index (κ3) is 6.98. The Morgan fingerprint density at radius 1 is 1.23 bits per heavy atom. The molecular formula is C22H24N6O6S. The molecule has 0 radical (unpaired) electrons. The minimum Gasteiger partial charge on any atom is -0.481 e. The summed E-state index contributed by atoms with van der Waals surface area (Å²) in [5, 5.41) is 11.2. The quantitative estimate of drug-likeness (QED) is 0.0909. The van der Waals surface area contributed by atoms with E-state index in [1.807, 2.05) is 17.1 Å². The number of ether oxygens (including phenoxy) is 1. The van der Waals surface area contributed by atoms with Crippen LogP contribution in [-0.2, 0) is 4.79 Å². The number of hydroxylamine groups is 1. The highest BCUT2D eigenvalue weighted by Gasteiger charge is 2.19. The molecule has 3 aromatic rings. The van der Waals surface area contributed by atoms with Gasteiger partial charge in [0.05, 0.1) is 5.25 Å². The van der Waals surface area contributed by atoms with Crippen LogP contribution < -0.4 is 26.8 Å². The van der Waals surface area contributed by atoms with Gasteiger partial charge >= 0.3 is 11.7 Å². The summed E-state index contributed by atoms with van der Waals surface area (Å²) in [4.78, 5) is 56.8. The van der Waals surface area contributed by atoms with Crippen LogP contribution in [0, 0.1) is 11.8 Å². The number of imidazole rings is 1. The average molecular weight is 501 g/mol. The molecule has 0 spiro atoms. The van der Waals surface area contributed by atoms with Gasteiger partial charge in [-0.1, -0.05) is 12.3 Å². The molecule has 12 nitrogen and oxygen atoms in total. The fourth-order valence-corrected chi connectivity index (χ4v) is 4.18. The van der Waals surface area contributed by atoms with Gasteiger partial charge in [-0.25, -0.2) is 24.6 Å². The second-order valence-corrected chi connectivity index (χ2v) is 8.49. The Hall–Kier alpha value is -4.02. The summed E-state index contributed by atoms with van der Waals surface area (Å²) in [5.41, 5.74) is 0.222. The van der Waals surface area contributed by atoms with E-state index in [4.69, 9.17) is 9.94 Å². The molecule has 0 fully saturated rings. The van der Waals surface area contributed by atoms with E-state index in [1.54, 1.807) is 24.5 Å². The molecule has 1 aromatic carbocycles. The van der Waals surface area contributed by atoms with Crippen molar-refractivity contribution >= 4 is 34.9 Å². The summed E-state index contributed by atoms with van der Waals surface area (Å²) < 4.78 is 6.52. The van der Waals surface area contributed by atoms with Gasteiger partial charge in [0.25, 0.3) is 11.5 Å². The van der Waals surface area contributed by atoms with Crippen LogP contribution in [0.2, 0.25) is 0 Å². The first kappa shape index (κ1) is 25.6. The Morgan fingerprint density at radius 3 is 2.71 bits per heavy atom. The standard InChI is InChI=1S/C22H24N6O6S/c1-2-3-12-34-14-7-9-15(10-8-14)35-16(19(29)27-33)6-4-5-11-23-22(32)28-13-24-17-18(28)25-21(31)26-20(17)30/h7-10,13,16,33H,4-6,11-12H2,1H3,(H,23,32)(H,27,29)(H2,25,26,30,31). The number of benzene rings is 1. The predicted molar refractivity (Wildman–Crippen MR) is 129 cm³/mol. The topological polar surface area (TPSA) is 171 Å². The van der Waals surface area contributed by atoms with Crippen LogP contribution in [0.4, 0.5) is 4.79 Å². The summed E-state index contributed by atoms with van der Waals surface area (Å²) in [6, 6.07) is 6.65. The van der Waals surface area contributed by atoms with E-state index < -0.39 is 28.4 Å². The number of thioether (sulfide) groups is 1. The number of hydrogen-bond acceptors (Lipinski definition) is 8. The fourth-order valence-electron chi connectivity index (χ4n) is 3.11. The molecule has 0 aliphatic rings. The first-order valence-electron chi connectivity index (χ1n) is 10.6. The van der Waals surface area contributed by atoms with Gasteiger partial charge in [0.1, 0.15) is 18.7 Å². The van der Waals surface area contributed by atoms with Gasteiger partial charge in [-0.05, 0) is 44.0 Å². The first-order chi connectivity index (χ1) is 16.9. The Morgan fingerprint density at radius 2 is 2.00 bits per heavy atom. The summed E-state index contributed by atoms with van der Waals surface area (Å²) in [6.07, 6.45) is 2.74. The number of H-pyrrole nitrogens is 2. The maximum Gasteiger partial charge on any atom is 0.328 e. The van der Waals surface area contributed by atoms with Gasteiger partial charge in [0, 0.05) is 11.4 Å². The monoisotopic (exact) mass is 500 g/mol. The van der Waals surface area contributed by atoms with Gasteiger partial charge in [0.15, 0.2) is 11.2 Å². The van der Waals surface area contributed by atoms with Crippen LogP contribution >= 0.6 is 11.8 Å². The van der Waals surface area contributed by atoms with E-state index in [0.717, 1.165) is 15.8 Å². The first-order valence-corrected chi connectivity index (χ1v) is 11.5. The molecule has 184 valence electrons. The highest BCUT2D eigenvalue weighted by molar-refractivity contribution is 8.00. The minimum absolute atomic E-state index is 0.00189. The third-order valence-corrected chi connectivity index (χ3v) is 6.10. The van der Waals surface area contributed by atoms with Crippen molar-refractivity contribution in [1.29, 1.82) is 0 Å². The zero-order valence-corrected chi connectivity index (χ0v) is 19.6. The number of carbonyl (C=O) groups is 2. The predicted octanol–water partition coefficient (Wildman–Crippen LogP) is 1.21. The van der Waals surface area contributed by atoms with Gasteiger partial charge in [-0.2, -0.15) is 0 Å². The van der Waals surface area contributed by atoms with Crippen molar-refractivity contribution in [3.05, 3.63) is 51.4 Å². The van der Waals surface area contributed by atoms with Crippen LogP contribution in [-0.4, -0.2) is 55.1 Å². The molecule has 2 aromatic heterocycles. The number of aromatic amines is 2. The molecule has 0 aliphatic heterocycles. The molecule has 13 heteroatoms. The summed E-state index contributed by atoms with van der Waals surface area (Å²) >= 11 is 1.30. The van der Waals surface area contributed by atoms with E-state index in [9.17, 15) is 19.2 Å². The average Bonchev–Trinajstić information content (AvgIpc) is 3.28. The van der Waals surface area contributed by atoms with Gasteiger partial charge in [-0.15, -0.1) is 17.7 Å². The molecule has 0 saturated carbocycles. The van der Waals surface area contributed by atoms with Gasteiger partial charge in [0.2, 0.25) is 0 Å². The molecule has 2 heterocycles. The molecule has 0 bridgehead atoms. The Kier molecular flexibility index (Phi) is 9.10. The highest BCUT2D eigenvalue weighted by Crippen LogP contribution is 2.28. The van der Waals surface area contributed by atoms with Crippen molar-refractivity contribution in [2.45, 2.75) is 36.3 Å². The largest absolute Gasteiger partial charge is 0.481 e. The lowest BCUT2D eigenvalue weighted by Crippen LogP contribution is -2.31. The smallest absolute Gasteiger partial charge is 0.328 e. The third-order valence-electron chi connectivity index (χ3n) is 4.82. The highest BCUT2D eigenvalue weighted by atomic mass is 32.2. The molecule has 0 saturated heterocycles. The lowest BCUT2D eigenvalue weighted by atomic mass is 10.2. The fraction of sp³-hybridized carbons (Fsp3) is 0.318. The SMILES string of the molecule is CC#CCOc1ccc(SC(CCCCNC(=O)n2cnc3c(=O)[nH]c(=O)[nH]c32)C(=O)NO)cc1. The lowest BCUT2D eigenvalue weighted by molar-refractivity contribution is -0.128. The molecule has 0 aliphatic carbocycles. The van der Waals surface area contributed by atoms with E-state index >= 15 is 0 Å². The summed E-state index contributed by atoms with van der Waals surface area (Å²) in [5.74, 6) is 5.70. The van der Waals surface area contributed by atoms with E-state index in [-0.39, 0.29) is 17.7 Å². The van der Waals surface area contributed by atoms with E-state index in [0.29, 0.717) is 31.6 Å². The molecule has 1 unspecified atom stereocenters. The van der Waals surface area contributed by atoms with Crippen molar-refractivity contribution in [3.63, 3.8) is 0 Å². The Bertz CT molecular complexity index is 1350. The van der Waals surface area contributed by atoms with Crippen molar-refractivity contribution in [1.82, 2.24) is 30.3 Å². The normalized spacial score (nSPS) is 11.4. The van der Waals surface area contributed by atoms with Crippen LogP contribution in [0.1, 0.15) is 26.2 Å². The van der Waals surface area contributed by atoms with Gasteiger partial charge in [-0.3, -0.25) is 24.8 Å². The number of nitrogens with zero attached hydrogens (tertiary/aromatic N) is 2. The molecule has 1 atom stereocenters. The zero-order valence-electron chi connectivity index (χ0n) is 18.8. The van der Waals surface area contributed by atoms with Crippen LogP contribution in [0.3, 0.4) is 0 Å². The maximum absolute atomic E-state index is 12.4. The van der Waals surface area contributed by atoms with Crippen molar-refractivity contribution < 1.29 is 19.5 Å². The molecule has 3 rings (SSSR count). The number of amides is 2. The molecule has 2 amide bonds. The van der Waals surface area contributed by atoms with Crippen molar-refractivity contribution in [2.24, 2.45) is 0 Å². The molecule has 35 heavy (non-hydrogen) atoms. The lowest BCUT2D eigenvalue weighted by Gasteiger charge is -2.15. The number of hydrogen-bond donors (Lipinski definition) is 5. The second-order valence-electron chi connectivity index (χ2n) is 7.22. The van der Waals surface area contributed by atoms with Crippen molar-refractivity contribution in [3.8, 4) is 17.6 Å². The second kappa shape index (κ2) is 12.4. The minimum atomic E-state index is -0.740. The Balaban J connectivity index is 1.49. The Labute approximate surface area is 203 Å². The number of nitrogens with one attached hydrogen (secondary N) is 4. The summed E-state index contributed by atoms with van der Waals surface area (Å²) in [6.45, 7) is 2.32. The molecule has 5 N–H and O–H groups in total. The van der Waals surface area contributed by atoms with Gasteiger partial charge < -0.3 is 10.1 Å². The zero-order chi connectivity index (χ0) is 25.2. The number of fused-ring (bicyclic) bond motifs is 1. The van der Waals surface area contributed by atoms with Crippen LogP contribution in [0.25, 0.3) is 11.2 Å². The van der Waals surface area contributed by atoms with E-state index in [1.165, 1.54) is 11.8 Å². The van der Waals surface area contributed by atoms with Crippen molar-refractivity contribution in [2.75, 3.05) is 13.2 Å². The van der Waals surface area contributed by atoms with Crippen LogP contribution in [0.15, 0.2) is 45.1 Å². The number of unbranched alkanes of at least 4 members (excludes halogenated alkanes) is 1. The summed E-state index contributed by atoms with van der Waals surface area (Å²) in [7, 11) is 0. The van der Waals surface area contributed by atoms with Crippen LogP contribution in [0.5, 0.6) is 5.75 Å². The van der Waals surface area contributed by atoms with E-state index in [2.05, 4.69) is 27.1 Å². The number of carbonyl (C=O) groups excluding carboxylic acids is 2. The number of rotatable bonds is 10. The number of aromatic nitrogens is 4.